The maximum atomic E-state index is 4.50. The van der Waals surface area contributed by atoms with E-state index in [1.807, 2.05) is 6.21 Å². The van der Waals surface area contributed by atoms with E-state index < -0.39 is 0 Å². The summed E-state index contributed by atoms with van der Waals surface area (Å²) in [5.41, 5.74) is 2.19. The molecule has 94 valence electrons. The van der Waals surface area contributed by atoms with Crippen molar-refractivity contribution in [2.24, 2.45) is 21.4 Å². The first-order chi connectivity index (χ1) is 8.83. The van der Waals surface area contributed by atoms with Crippen molar-refractivity contribution in [1.82, 2.24) is 5.32 Å². The highest BCUT2D eigenvalue weighted by Gasteiger charge is 2.42. The Morgan fingerprint density at radius 1 is 1.22 bits per heavy atom. The van der Waals surface area contributed by atoms with Crippen LogP contribution in [0.1, 0.15) is 24.0 Å². The number of aryl methyl sites for hydroxylation is 1. The zero-order valence-electron chi connectivity index (χ0n) is 10.6. The summed E-state index contributed by atoms with van der Waals surface area (Å²) < 4.78 is 0. The van der Waals surface area contributed by atoms with Crippen molar-refractivity contribution < 1.29 is 0 Å². The molecule has 3 rings (SSSR count). The van der Waals surface area contributed by atoms with E-state index in [9.17, 15) is 0 Å². The van der Waals surface area contributed by atoms with Gasteiger partial charge in [-0.25, -0.2) is 0 Å². The second kappa shape index (κ2) is 4.61. The molecule has 0 radical (unpaired) electrons. The molecule has 1 atom stereocenters. The van der Waals surface area contributed by atoms with Crippen LogP contribution in [0.3, 0.4) is 0 Å². The van der Waals surface area contributed by atoms with Gasteiger partial charge in [-0.05, 0) is 55.1 Å². The summed E-state index contributed by atoms with van der Waals surface area (Å²) in [4.78, 5) is 0. The predicted molar refractivity (Wildman–Crippen MR) is 71.8 cm³/mol. The summed E-state index contributed by atoms with van der Waals surface area (Å²) >= 11 is 0. The molecule has 1 aromatic rings. The summed E-state index contributed by atoms with van der Waals surface area (Å²) in [5, 5.41) is 15.8. The van der Waals surface area contributed by atoms with Gasteiger partial charge in [0.2, 0.25) is 0 Å². The third-order valence-electron chi connectivity index (χ3n) is 4.05. The lowest BCUT2D eigenvalue weighted by atomic mass is 9.74. The van der Waals surface area contributed by atoms with Crippen molar-refractivity contribution >= 4 is 6.21 Å². The molecule has 0 aliphatic carbocycles. The molecule has 4 nitrogen and oxygen atoms in total. The Bertz CT molecular complexity index is 474. The molecule has 0 aromatic heterocycles. The van der Waals surface area contributed by atoms with E-state index >= 15 is 0 Å². The van der Waals surface area contributed by atoms with E-state index in [2.05, 4.69) is 51.9 Å². The first kappa shape index (κ1) is 11.5. The van der Waals surface area contributed by atoms with Crippen LogP contribution in [0.15, 0.2) is 39.7 Å². The van der Waals surface area contributed by atoms with Gasteiger partial charge in [-0.1, -0.05) is 24.3 Å². The highest BCUT2D eigenvalue weighted by molar-refractivity contribution is 5.75. The molecule has 18 heavy (non-hydrogen) atoms. The summed E-state index contributed by atoms with van der Waals surface area (Å²) in [6.07, 6.45) is 4.18. The monoisotopic (exact) mass is 242 g/mol. The largest absolute Gasteiger partial charge is 0.317 e. The molecule has 2 aliphatic rings. The molecule has 1 fully saturated rings. The van der Waals surface area contributed by atoms with E-state index in [0.717, 1.165) is 25.9 Å². The number of benzene rings is 1. The quantitative estimate of drug-likeness (QED) is 0.851. The SMILES string of the molecule is Cc1ccccc1C1(C2CCNCC2)C=NN=N1. The van der Waals surface area contributed by atoms with Gasteiger partial charge in [-0.2, -0.15) is 5.11 Å². The minimum atomic E-state index is -0.326. The summed E-state index contributed by atoms with van der Waals surface area (Å²) in [6.45, 7) is 4.25. The molecular weight excluding hydrogens is 224 g/mol. The van der Waals surface area contributed by atoms with Crippen molar-refractivity contribution in [3.63, 3.8) is 0 Å². The maximum Gasteiger partial charge on any atom is 0.149 e. The second-order valence-electron chi connectivity index (χ2n) is 5.10. The van der Waals surface area contributed by atoms with E-state index in [-0.39, 0.29) is 5.54 Å². The van der Waals surface area contributed by atoms with Crippen molar-refractivity contribution in [3.8, 4) is 0 Å². The average Bonchev–Trinajstić information content (AvgIpc) is 2.91. The molecule has 1 saturated heterocycles. The lowest BCUT2D eigenvalue weighted by Gasteiger charge is -2.35. The van der Waals surface area contributed by atoms with E-state index in [4.69, 9.17) is 0 Å². The van der Waals surface area contributed by atoms with Gasteiger partial charge in [0.05, 0.1) is 6.21 Å². The smallest absolute Gasteiger partial charge is 0.149 e. The first-order valence-electron chi connectivity index (χ1n) is 6.56. The lowest BCUT2D eigenvalue weighted by Crippen LogP contribution is -2.41. The summed E-state index contributed by atoms with van der Waals surface area (Å²) in [5.74, 6) is 0.495. The van der Waals surface area contributed by atoms with Crippen molar-refractivity contribution in [2.45, 2.75) is 25.3 Å². The van der Waals surface area contributed by atoms with E-state index in [1.165, 1.54) is 11.1 Å². The summed E-state index contributed by atoms with van der Waals surface area (Å²) in [7, 11) is 0. The van der Waals surface area contributed by atoms with Gasteiger partial charge in [0.1, 0.15) is 5.54 Å². The van der Waals surface area contributed by atoms with Crippen LogP contribution in [0.5, 0.6) is 0 Å². The van der Waals surface area contributed by atoms with Crippen LogP contribution in [0.25, 0.3) is 0 Å². The number of nitrogens with one attached hydrogen (secondary N) is 1. The standard InChI is InChI=1S/C14H18N4/c1-11-4-2-3-5-13(11)14(10-16-18-17-14)12-6-8-15-9-7-12/h2-5,10,12,15H,6-9H2,1H3. The third kappa shape index (κ3) is 1.77. The molecule has 1 aromatic carbocycles. The van der Waals surface area contributed by atoms with Gasteiger partial charge in [0, 0.05) is 0 Å². The van der Waals surface area contributed by atoms with Gasteiger partial charge in [0.15, 0.2) is 0 Å². The Balaban J connectivity index is 2.04. The number of nitrogens with zero attached hydrogens (tertiary/aromatic N) is 3. The Kier molecular flexibility index (Phi) is 2.96. The molecule has 0 spiro atoms. The van der Waals surface area contributed by atoms with Crippen LogP contribution >= 0.6 is 0 Å². The maximum absolute atomic E-state index is 4.50. The van der Waals surface area contributed by atoms with Crippen molar-refractivity contribution in [3.05, 3.63) is 35.4 Å². The molecule has 0 amide bonds. The molecular formula is C14H18N4. The molecule has 4 heteroatoms. The Morgan fingerprint density at radius 3 is 2.67 bits per heavy atom. The Hall–Kier alpha value is -1.55. The van der Waals surface area contributed by atoms with Crippen LogP contribution < -0.4 is 5.32 Å². The fourth-order valence-corrected chi connectivity index (χ4v) is 3.05. The van der Waals surface area contributed by atoms with Gasteiger partial charge in [-0.15, -0.1) is 5.10 Å². The second-order valence-corrected chi connectivity index (χ2v) is 5.10. The fraction of sp³-hybridized carbons (Fsp3) is 0.500. The van der Waals surface area contributed by atoms with E-state index in [1.54, 1.807) is 0 Å². The molecule has 2 aliphatic heterocycles. The number of piperidine rings is 1. The zero-order valence-corrected chi connectivity index (χ0v) is 10.6. The normalized spacial score (nSPS) is 27.8. The van der Waals surface area contributed by atoms with Crippen LogP contribution in [0, 0.1) is 12.8 Å². The molecule has 1 N–H and O–H groups in total. The number of rotatable bonds is 2. The molecule has 0 saturated carbocycles. The van der Waals surface area contributed by atoms with Crippen molar-refractivity contribution in [1.29, 1.82) is 0 Å². The van der Waals surface area contributed by atoms with Crippen LogP contribution in [-0.2, 0) is 5.54 Å². The average molecular weight is 242 g/mol. The molecule has 1 unspecified atom stereocenters. The Morgan fingerprint density at radius 2 is 2.00 bits per heavy atom. The highest BCUT2D eigenvalue weighted by Crippen LogP contribution is 2.41. The lowest BCUT2D eigenvalue weighted by molar-refractivity contribution is 0.281. The van der Waals surface area contributed by atoms with Gasteiger partial charge >= 0.3 is 0 Å². The van der Waals surface area contributed by atoms with Crippen LogP contribution in [0.2, 0.25) is 0 Å². The first-order valence-corrected chi connectivity index (χ1v) is 6.56. The minimum absolute atomic E-state index is 0.326. The molecule has 0 bridgehead atoms. The van der Waals surface area contributed by atoms with Crippen LogP contribution in [0.4, 0.5) is 0 Å². The minimum Gasteiger partial charge on any atom is -0.317 e. The predicted octanol–water partition coefficient (Wildman–Crippen LogP) is 2.64. The van der Waals surface area contributed by atoms with Crippen molar-refractivity contribution in [2.75, 3.05) is 13.1 Å². The number of hydrogen-bond donors (Lipinski definition) is 1. The fourth-order valence-electron chi connectivity index (χ4n) is 3.05. The summed E-state index contributed by atoms with van der Waals surface area (Å²) in [6, 6.07) is 8.44. The van der Waals surface area contributed by atoms with Gasteiger partial charge < -0.3 is 5.32 Å². The highest BCUT2D eigenvalue weighted by atomic mass is 15.4. The van der Waals surface area contributed by atoms with E-state index in [0.29, 0.717) is 5.92 Å². The van der Waals surface area contributed by atoms with Gasteiger partial charge in [0.25, 0.3) is 0 Å². The van der Waals surface area contributed by atoms with Gasteiger partial charge in [-0.3, -0.25) is 0 Å². The molecule has 2 heterocycles. The Labute approximate surface area is 107 Å². The topological polar surface area (TPSA) is 49.1 Å². The zero-order chi connectivity index (χ0) is 12.4. The van der Waals surface area contributed by atoms with Crippen LogP contribution in [-0.4, -0.2) is 19.3 Å². The number of hydrogen-bond acceptors (Lipinski definition) is 4. The third-order valence-corrected chi connectivity index (χ3v) is 4.05.